The van der Waals surface area contributed by atoms with Crippen molar-refractivity contribution in [3.05, 3.63) is 24.6 Å². The first-order valence-electron chi connectivity index (χ1n) is 8.50. The molecule has 0 saturated carbocycles. The van der Waals surface area contributed by atoms with Crippen molar-refractivity contribution in [2.45, 2.75) is 26.3 Å². The van der Waals surface area contributed by atoms with Crippen LogP contribution in [-0.2, 0) is 9.53 Å². The van der Waals surface area contributed by atoms with E-state index in [-0.39, 0.29) is 17.8 Å². The molecule has 0 radical (unpaired) electrons. The van der Waals surface area contributed by atoms with Crippen LogP contribution in [0, 0.1) is 5.92 Å². The third kappa shape index (κ3) is 2.78. The van der Waals surface area contributed by atoms with Crippen molar-refractivity contribution < 1.29 is 13.9 Å². The molecule has 0 bridgehead atoms. The van der Waals surface area contributed by atoms with E-state index in [1.165, 1.54) is 11.6 Å². The smallest absolute Gasteiger partial charge is 0.330 e. The molecular weight excluding hydrogens is 350 g/mol. The van der Waals surface area contributed by atoms with E-state index < -0.39 is 6.04 Å². The Hall–Kier alpha value is -3.43. The number of esters is 1. The molecule has 4 aromatic rings. The molecule has 4 aromatic heterocycles. The summed E-state index contributed by atoms with van der Waals surface area (Å²) in [5, 5.41) is 9.36. The molecule has 0 aliphatic rings. The molecular formula is C17H19N7O3. The monoisotopic (exact) mass is 369 g/mol. The molecule has 0 fully saturated rings. The summed E-state index contributed by atoms with van der Waals surface area (Å²) in [6, 6.07) is 2.91. The van der Waals surface area contributed by atoms with Gasteiger partial charge in [-0.15, -0.1) is 5.10 Å². The summed E-state index contributed by atoms with van der Waals surface area (Å²) in [6.45, 7) is 4.05. The third-order valence-corrected chi connectivity index (χ3v) is 4.26. The van der Waals surface area contributed by atoms with Crippen LogP contribution in [0.15, 0.2) is 29.0 Å². The normalized spacial score (nSPS) is 12.9. The summed E-state index contributed by atoms with van der Waals surface area (Å²) < 4.78 is 13.3. The molecule has 140 valence electrons. The number of methoxy groups -OCH3 is 1. The van der Waals surface area contributed by atoms with E-state index in [9.17, 15) is 4.79 Å². The van der Waals surface area contributed by atoms with Crippen LogP contribution in [0.3, 0.4) is 0 Å². The standard InChI is InChI=1S/C17H19N7O3/c1-9(2)7-11(16(25)26-3)23-15-10(8-19-23)14-20-13(12-5-4-6-27-12)22-24(14)17(18)21-15/h4-6,8-9,11H,7H2,1-3H3,(H2,18,21). The topological polar surface area (TPSA) is 126 Å². The highest BCUT2D eigenvalue weighted by Crippen LogP contribution is 2.27. The number of nitrogens with zero attached hydrogens (tertiary/aromatic N) is 6. The van der Waals surface area contributed by atoms with Crippen LogP contribution in [0.1, 0.15) is 26.3 Å². The Labute approximate surface area is 153 Å². The Bertz CT molecular complexity index is 1110. The molecule has 4 rings (SSSR count). The summed E-state index contributed by atoms with van der Waals surface area (Å²) >= 11 is 0. The predicted octanol–water partition coefficient (Wildman–Crippen LogP) is 2.08. The molecule has 10 heteroatoms. The number of furan rings is 1. The maximum atomic E-state index is 12.3. The second kappa shape index (κ2) is 6.38. The fraction of sp³-hybridized carbons (Fsp3) is 0.353. The minimum Gasteiger partial charge on any atom is -0.467 e. The summed E-state index contributed by atoms with van der Waals surface area (Å²) in [4.78, 5) is 21.2. The Morgan fingerprint density at radius 2 is 2.15 bits per heavy atom. The van der Waals surface area contributed by atoms with Crippen molar-refractivity contribution >= 4 is 28.6 Å². The zero-order valence-corrected chi connectivity index (χ0v) is 15.2. The number of rotatable bonds is 5. The highest BCUT2D eigenvalue weighted by molar-refractivity contribution is 5.91. The molecule has 1 atom stereocenters. The van der Waals surface area contributed by atoms with Crippen LogP contribution in [0.25, 0.3) is 28.3 Å². The van der Waals surface area contributed by atoms with Crippen molar-refractivity contribution in [1.82, 2.24) is 29.4 Å². The van der Waals surface area contributed by atoms with Crippen molar-refractivity contribution in [2.24, 2.45) is 5.92 Å². The van der Waals surface area contributed by atoms with Gasteiger partial charge in [0.25, 0.3) is 0 Å². The molecule has 10 nitrogen and oxygen atoms in total. The van der Waals surface area contributed by atoms with Crippen LogP contribution in [0.2, 0.25) is 0 Å². The lowest BCUT2D eigenvalue weighted by Gasteiger charge is -2.17. The van der Waals surface area contributed by atoms with Gasteiger partial charge in [0, 0.05) is 0 Å². The highest BCUT2D eigenvalue weighted by atomic mass is 16.5. The molecule has 4 heterocycles. The summed E-state index contributed by atoms with van der Waals surface area (Å²) in [5.74, 6) is 0.920. The number of hydrogen-bond acceptors (Lipinski definition) is 8. The Kier molecular flexibility index (Phi) is 4.02. The summed E-state index contributed by atoms with van der Waals surface area (Å²) in [5.41, 5.74) is 7.03. The van der Waals surface area contributed by atoms with Crippen LogP contribution in [-0.4, -0.2) is 42.4 Å². The minimum atomic E-state index is -0.602. The minimum absolute atomic E-state index is 0.137. The van der Waals surface area contributed by atoms with Crippen molar-refractivity contribution in [3.8, 4) is 11.6 Å². The lowest BCUT2D eigenvalue weighted by molar-refractivity contribution is -0.145. The van der Waals surface area contributed by atoms with Gasteiger partial charge in [-0.3, -0.25) is 0 Å². The molecule has 1 unspecified atom stereocenters. The van der Waals surface area contributed by atoms with Gasteiger partial charge >= 0.3 is 5.97 Å². The Morgan fingerprint density at radius 3 is 2.81 bits per heavy atom. The van der Waals surface area contributed by atoms with E-state index in [2.05, 4.69) is 20.2 Å². The highest BCUT2D eigenvalue weighted by Gasteiger charge is 2.27. The fourth-order valence-corrected chi connectivity index (χ4v) is 3.04. The number of fused-ring (bicyclic) bond motifs is 3. The van der Waals surface area contributed by atoms with Gasteiger partial charge < -0.3 is 14.9 Å². The fourth-order valence-electron chi connectivity index (χ4n) is 3.04. The molecule has 0 amide bonds. The summed E-state index contributed by atoms with van der Waals surface area (Å²) in [7, 11) is 1.36. The van der Waals surface area contributed by atoms with E-state index in [1.807, 2.05) is 13.8 Å². The predicted molar refractivity (Wildman–Crippen MR) is 96.7 cm³/mol. The number of nitrogens with two attached hydrogens (primary N) is 1. The Balaban J connectivity index is 1.91. The van der Waals surface area contributed by atoms with Crippen molar-refractivity contribution in [2.75, 3.05) is 12.8 Å². The van der Waals surface area contributed by atoms with E-state index in [0.29, 0.717) is 34.7 Å². The van der Waals surface area contributed by atoms with E-state index in [0.717, 1.165) is 0 Å². The number of hydrogen-bond donors (Lipinski definition) is 1. The van der Waals surface area contributed by atoms with Gasteiger partial charge in [0.1, 0.15) is 0 Å². The lowest BCUT2D eigenvalue weighted by Crippen LogP contribution is -2.24. The molecule has 2 N–H and O–H groups in total. The molecule has 0 aliphatic heterocycles. The second-order valence-electron chi connectivity index (χ2n) is 6.61. The van der Waals surface area contributed by atoms with Crippen LogP contribution in [0.5, 0.6) is 0 Å². The van der Waals surface area contributed by atoms with Crippen LogP contribution < -0.4 is 5.73 Å². The number of carbonyl (C=O) groups is 1. The molecule has 0 spiro atoms. The zero-order chi connectivity index (χ0) is 19.1. The van der Waals surface area contributed by atoms with Gasteiger partial charge in [0.15, 0.2) is 23.1 Å². The zero-order valence-electron chi connectivity index (χ0n) is 15.2. The summed E-state index contributed by atoms with van der Waals surface area (Å²) in [6.07, 6.45) is 3.71. The largest absolute Gasteiger partial charge is 0.467 e. The van der Waals surface area contributed by atoms with Gasteiger partial charge in [0.05, 0.1) is 25.0 Å². The average molecular weight is 369 g/mol. The first-order valence-corrected chi connectivity index (χ1v) is 8.50. The van der Waals surface area contributed by atoms with Crippen LogP contribution >= 0.6 is 0 Å². The second-order valence-corrected chi connectivity index (χ2v) is 6.61. The van der Waals surface area contributed by atoms with Crippen LogP contribution in [0.4, 0.5) is 5.95 Å². The quantitative estimate of drug-likeness (QED) is 0.530. The van der Waals surface area contributed by atoms with Gasteiger partial charge in [-0.25, -0.2) is 14.5 Å². The first kappa shape index (κ1) is 17.0. The van der Waals surface area contributed by atoms with Gasteiger partial charge in [-0.1, -0.05) is 13.8 Å². The Morgan fingerprint density at radius 1 is 1.33 bits per heavy atom. The van der Waals surface area contributed by atoms with Crippen molar-refractivity contribution in [3.63, 3.8) is 0 Å². The van der Waals surface area contributed by atoms with E-state index in [1.54, 1.807) is 29.3 Å². The van der Waals surface area contributed by atoms with Gasteiger partial charge in [-0.05, 0) is 24.5 Å². The number of nitrogen functional groups attached to an aromatic ring is 1. The molecule has 0 aromatic carbocycles. The number of ether oxygens (including phenoxy) is 1. The maximum Gasteiger partial charge on any atom is 0.330 e. The van der Waals surface area contributed by atoms with Gasteiger partial charge in [0.2, 0.25) is 11.8 Å². The average Bonchev–Trinajstić information content (AvgIpc) is 3.36. The van der Waals surface area contributed by atoms with E-state index in [4.69, 9.17) is 14.9 Å². The first-order chi connectivity index (χ1) is 13.0. The van der Waals surface area contributed by atoms with E-state index >= 15 is 0 Å². The molecule has 27 heavy (non-hydrogen) atoms. The SMILES string of the molecule is COC(=O)C(CC(C)C)n1ncc2c1nc(N)n1nc(-c3ccco3)nc21. The van der Waals surface area contributed by atoms with Crippen molar-refractivity contribution in [1.29, 1.82) is 0 Å². The lowest BCUT2D eigenvalue weighted by atomic mass is 10.0. The number of carbonyl (C=O) groups excluding carboxylic acids is 1. The molecule has 0 saturated heterocycles. The molecule has 0 aliphatic carbocycles. The third-order valence-electron chi connectivity index (χ3n) is 4.26. The number of anilines is 1. The number of aromatic nitrogens is 6. The van der Waals surface area contributed by atoms with Gasteiger partial charge in [-0.2, -0.15) is 14.6 Å². The maximum absolute atomic E-state index is 12.3.